The number of allylic oxidation sites excluding steroid dienone is 4. The first kappa shape index (κ1) is 9.90. The Morgan fingerprint density at radius 1 is 1.47 bits per heavy atom. The van der Waals surface area contributed by atoms with E-state index in [0.29, 0.717) is 6.54 Å². The fourth-order valence-electron chi connectivity index (χ4n) is 1.82. The summed E-state index contributed by atoms with van der Waals surface area (Å²) in [6.45, 7) is 6.16. The van der Waals surface area contributed by atoms with E-state index >= 15 is 0 Å². The minimum absolute atomic E-state index is 0.109. The molecule has 3 nitrogen and oxygen atoms in total. The number of carbonyl (C=O) groups excluding carboxylic acids is 1. The van der Waals surface area contributed by atoms with E-state index in [-0.39, 0.29) is 5.78 Å². The van der Waals surface area contributed by atoms with Gasteiger partial charge in [-0.3, -0.25) is 4.79 Å². The number of aliphatic imine (C=N–C) groups is 1. The standard InChI is InChI=1S/C12H14N2O/c1-8-5-4-6-12-13-9(2)11(10(3)15)7-14(8)12/h4-6H,7H2,1-3H3. The Labute approximate surface area is 89.5 Å². The lowest BCUT2D eigenvalue weighted by molar-refractivity contribution is -0.113. The summed E-state index contributed by atoms with van der Waals surface area (Å²) >= 11 is 0. The maximum absolute atomic E-state index is 11.4. The molecule has 0 aromatic heterocycles. The Kier molecular flexibility index (Phi) is 2.31. The van der Waals surface area contributed by atoms with E-state index < -0.39 is 0 Å². The minimum atomic E-state index is 0.109. The van der Waals surface area contributed by atoms with Crippen LogP contribution in [0.1, 0.15) is 20.8 Å². The average molecular weight is 202 g/mol. The molecule has 0 saturated carbocycles. The van der Waals surface area contributed by atoms with Gasteiger partial charge in [0.1, 0.15) is 5.84 Å². The normalized spacial score (nSPS) is 19.8. The number of amidine groups is 1. The first-order chi connectivity index (χ1) is 7.09. The SMILES string of the molecule is CC(=O)C1=C(C)N=C2C=CC=C(C)N2C1. The molecule has 2 rings (SSSR count). The molecule has 0 bridgehead atoms. The van der Waals surface area contributed by atoms with E-state index in [1.165, 1.54) is 0 Å². The van der Waals surface area contributed by atoms with Crippen LogP contribution < -0.4 is 0 Å². The maximum Gasteiger partial charge on any atom is 0.159 e. The van der Waals surface area contributed by atoms with Gasteiger partial charge in [-0.1, -0.05) is 6.08 Å². The molecule has 0 N–H and O–H groups in total. The molecule has 0 aromatic carbocycles. The smallest absolute Gasteiger partial charge is 0.159 e. The molecule has 0 atom stereocenters. The number of carbonyl (C=O) groups is 1. The van der Waals surface area contributed by atoms with Gasteiger partial charge >= 0.3 is 0 Å². The van der Waals surface area contributed by atoms with Gasteiger partial charge in [0, 0.05) is 17.0 Å². The van der Waals surface area contributed by atoms with Crippen molar-refractivity contribution < 1.29 is 4.79 Å². The lowest BCUT2D eigenvalue weighted by Gasteiger charge is -2.31. The average Bonchev–Trinajstić information content (AvgIpc) is 2.16. The molecule has 0 fully saturated rings. The van der Waals surface area contributed by atoms with E-state index in [4.69, 9.17) is 0 Å². The van der Waals surface area contributed by atoms with Gasteiger partial charge in [-0.05, 0) is 32.9 Å². The number of nitrogens with zero attached hydrogens (tertiary/aromatic N) is 2. The Morgan fingerprint density at radius 3 is 2.87 bits per heavy atom. The van der Waals surface area contributed by atoms with Crippen LogP contribution in [0, 0.1) is 0 Å². The molecule has 78 valence electrons. The largest absolute Gasteiger partial charge is 0.326 e. The summed E-state index contributed by atoms with van der Waals surface area (Å²) in [6.07, 6.45) is 5.97. The third-order valence-corrected chi connectivity index (χ3v) is 2.75. The van der Waals surface area contributed by atoms with E-state index in [2.05, 4.69) is 9.89 Å². The summed E-state index contributed by atoms with van der Waals surface area (Å²) < 4.78 is 0. The zero-order chi connectivity index (χ0) is 11.0. The Balaban J connectivity index is 2.43. The molecule has 0 spiro atoms. The number of Topliss-reactive ketones (excluding diaryl/α,β-unsaturated/α-hetero) is 1. The van der Waals surface area contributed by atoms with Crippen LogP contribution in [0.25, 0.3) is 0 Å². The zero-order valence-corrected chi connectivity index (χ0v) is 9.24. The summed E-state index contributed by atoms with van der Waals surface area (Å²) in [5, 5.41) is 0. The van der Waals surface area contributed by atoms with Gasteiger partial charge in [0.25, 0.3) is 0 Å². The van der Waals surface area contributed by atoms with Crippen LogP contribution in [0.15, 0.2) is 40.2 Å². The summed E-state index contributed by atoms with van der Waals surface area (Å²) in [5.74, 6) is 1.04. The van der Waals surface area contributed by atoms with Crippen LogP contribution in [0.2, 0.25) is 0 Å². The quantitative estimate of drug-likeness (QED) is 0.651. The van der Waals surface area contributed by atoms with Crippen molar-refractivity contribution in [2.24, 2.45) is 4.99 Å². The molecule has 0 saturated heterocycles. The van der Waals surface area contributed by atoms with Crippen molar-refractivity contribution in [2.75, 3.05) is 6.54 Å². The Bertz CT molecular complexity index is 439. The summed E-state index contributed by atoms with van der Waals surface area (Å²) in [4.78, 5) is 17.9. The number of hydrogen-bond donors (Lipinski definition) is 0. The predicted octanol–water partition coefficient (Wildman–Crippen LogP) is 2.04. The predicted molar refractivity (Wildman–Crippen MR) is 60.4 cm³/mol. The Morgan fingerprint density at radius 2 is 2.20 bits per heavy atom. The van der Waals surface area contributed by atoms with Gasteiger partial charge in [0.15, 0.2) is 5.78 Å². The molecular weight excluding hydrogens is 188 g/mol. The third-order valence-electron chi connectivity index (χ3n) is 2.75. The highest BCUT2D eigenvalue weighted by molar-refractivity contribution is 6.01. The summed E-state index contributed by atoms with van der Waals surface area (Å²) in [7, 11) is 0. The molecule has 2 heterocycles. The first-order valence-corrected chi connectivity index (χ1v) is 5.01. The van der Waals surface area contributed by atoms with Gasteiger partial charge in [-0.15, -0.1) is 0 Å². The second-order valence-electron chi connectivity index (χ2n) is 3.84. The lowest BCUT2D eigenvalue weighted by Crippen LogP contribution is -2.35. The van der Waals surface area contributed by atoms with Crippen LogP contribution >= 0.6 is 0 Å². The van der Waals surface area contributed by atoms with Gasteiger partial charge in [-0.2, -0.15) is 0 Å². The van der Waals surface area contributed by atoms with E-state index in [0.717, 1.165) is 22.8 Å². The molecule has 3 heteroatoms. The monoisotopic (exact) mass is 202 g/mol. The highest BCUT2D eigenvalue weighted by atomic mass is 16.1. The van der Waals surface area contributed by atoms with Crippen molar-refractivity contribution in [3.05, 3.63) is 35.2 Å². The van der Waals surface area contributed by atoms with Gasteiger partial charge in [-0.25, -0.2) is 4.99 Å². The zero-order valence-electron chi connectivity index (χ0n) is 9.24. The molecule has 0 radical (unpaired) electrons. The van der Waals surface area contributed by atoms with Gasteiger partial charge in [0.05, 0.1) is 6.54 Å². The molecule has 0 amide bonds. The van der Waals surface area contributed by atoms with Crippen LogP contribution in [-0.2, 0) is 4.79 Å². The molecule has 15 heavy (non-hydrogen) atoms. The van der Waals surface area contributed by atoms with Crippen molar-refractivity contribution in [2.45, 2.75) is 20.8 Å². The summed E-state index contributed by atoms with van der Waals surface area (Å²) in [5.41, 5.74) is 2.78. The molecule has 0 unspecified atom stereocenters. The van der Waals surface area contributed by atoms with E-state index in [9.17, 15) is 4.79 Å². The van der Waals surface area contributed by atoms with Crippen molar-refractivity contribution in [1.29, 1.82) is 0 Å². The maximum atomic E-state index is 11.4. The molecule has 0 aliphatic carbocycles. The van der Waals surface area contributed by atoms with Crippen molar-refractivity contribution in [3.8, 4) is 0 Å². The fourth-order valence-corrected chi connectivity index (χ4v) is 1.82. The fraction of sp³-hybridized carbons (Fsp3) is 0.333. The highest BCUT2D eigenvalue weighted by Gasteiger charge is 2.23. The van der Waals surface area contributed by atoms with Crippen LogP contribution in [0.3, 0.4) is 0 Å². The van der Waals surface area contributed by atoms with Crippen LogP contribution in [0.5, 0.6) is 0 Å². The highest BCUT2D eigenvalue weighted by Crippen LogP contribution is 2.22. The van der Waals surface area contributed by atoms with Crippen LogP contribution in [0.4, 0.5) is 0 Å². The van der Waals surface area contributed by atoms with Crippen molar-refractivity contribution in [1.82, 2.24) is 4.90 Å². The summed E-state index contributed by atoms with van der Waals surface area (Å²) in [6, 6.07) is 0. The Hall–Kier alpha value is -1.64. The number of rotatable bonds is 1. The lowest BCUT2D eigenvalue weighted by atomic mass is 10.1. The van der Waals surface area contributed by atoms with Gasteiger partial charge < -0.3 is 4.90 Å². The number of fused-ring (bicyclic) bond motifs is 1. The van der Waals surface area contributed by atoms with Crippen molar-refractivity contribution in [3.63, 3.8) is 0 Å². The molecule has 2 aliphatic heterocycles. The number of ketones is 1. The number of hydrogen-bond acceptors (Lipinski definition) is 3. The van der Waals surface area contributed by atoms with E-state index in [1.807, 2.05) is 32.1 Å². The topological polar surface area (TPSA) is 32.7 Å². The van der Waals surface area contributed by atoms with Crippen molar-refractivity contribution >= 4 is 11.6 Å². The molecule has 0 aromatic rings. The van der Waals surface area contributed by atoms with E-state index in [1.54, 1.807) is 6.92 Å². The van der Waals surface area contributed by atoms with Gasteiger partial charge in [0.2, 0.25) is 0 Å². The van der Waals surface area contributed by atoms with Crippen LogP contribution in [-0.4, -0.2) is 23.1 Å². The second-order valence-corrected chi connectivity index (χ2v) is 3.84. The second kappa shape index (κ2) is 3.50. The molecular formula is C12H14N2O. The first-order valence-electron chi connectivity index (χ1n) is 5.01. The minimum Gasteiger partial charge on any atom is -0.326 e. The third kappa shape index (κ3) is 1.65. The molecule has 2 aliphatic rings.